The second kappa shape index (κ2) is 12.0. The summed E-state index contributed by atoms with van der Waals surface area (Å²) in [5, 5.41) is 5.75. The van der Waals surface area contributed by atoms with Crippen LogP contribution in [0.5, 0.6) is 5.75 Å². The Bertz CT molecular complexity index is 942. The molecule has 1 fully saturated rings. The van der Waals surface area contributed by atoms with Gasteiger partial charge in [-0.05, 0) is 49.1 Å². The van der Waals surface area contributed by atoms with Crippen LogP contribution in [0, 0.1) is 5.92 Å². The highest BCUT2D eigenvalue weighted by Crippen LogP contribution is 2.24. The van der Waals surface area contributed by atoms with Gasteiger partial charge in [-0.2, -0.15) is 0 Å². The Labute approximate surface area is 194 Å². The molecule has 1 aliphatic heterocycles. The number of hydrogen-bond donors (Lipinski definition) is 2. The number of likely N-dealkylation sites (tertiary alicyclic amines) is 1. The number of hydrogen-bond acceptors (Lipinski definition) is 5. The van der Waals surface area contributed by atoms with Crippen LogP contribution in [0.3, 0.4) is 0 Å². The zero-order valence-corrected chi connectivity index (χ0v) is 19.1. The van der Waals surface area contributed by atoms with Gasteiger partial charge in [0, 0.05) is 37.9 Å². The van der Waals surface area contributed by atoms with Crippen molar-refractivity contribution in [3.8, 4) is 5.75 Å². The summed E-state index contributed by atoms with van der Waals surface area (Å²) in [5.41, 5.74) is 1.07. The summed E-state index contributed by atoms with van der Waals surface area (Å²) in [6.45, 7) is 1.76. The Hall–Kier alpha value is -3.39. The number of carbonyl (C=O) groups excluding carboxylic acids is 3. The first-order chi connectivity index (χ1) is 16.0. The van der Waals surface area contributed by atoms with Crippen molar-refractivity contribution in [1.29, 1.82) is 0 Å². The van der Waals surface area contributed by atoms with E-state index in [1.807, 2.05) is 6.07 Å². The molecule has 8 heteroatoms. The molecule has 0 unspecified atom stereocenters. The predicted octanol–water partition coefficient (Wildman–Crippen LogP) is 2.11. The summed E-state index contributed by atoms with van der Waals surface area (Å²) >= 11 is 0. The summed E-state index contributed by atoms with van der Waals surface area (Å²) in [5.74, 6) is -0.0604. The van der Waals surface area contributed by atoms with E-state index < -0.39 is 6.04 Å². The number of nitrogens with zero attached hydrogens (tertiary/aromatic N) is 1. The summed E-state index contributed by atoms with van der Waals surface area (Å²) in [4.78, 5) is 40.4. The zero-order valence-electron chi connectivity index (χ0n) is 19.1. The largest absolute Gasteiger partial charge is 0.497 e. The number of amides is 3. The Morgan fingerprint density at radius 3 is 2.36 bits per heavy atom. The van der Waals surface area contributed by atoms with Crippen molar-refractivity contribution in [2.24, 2.45) is 5.92 Å². The molecular formula is C25H31N3O5. The van der Waals surface area contributed by atoms with Gasteiger partial charge in [0.2, 0.25) is 5.91 Å². The highest BCUT2D eigenvalue weighted by Gasteiger charge is 2.34. The third-order valence-corrected chi connectivity index (χ3v) is 5.83. The van der Waals surface area contributed by atoms with Gasteiger partial charge < -0.3 is 25.0 Å². The van der Waals surface area contributed by atoms with Crippen LogP contribution in [0.15, 0.2) is 54.6 Å². The lowest BCUT2D eigenvalue weighted by Gasteiger charge is -2.36. The second-order valence-corrected chi connectivity index (χ2v) is 7.96. The maximum atomic E-state index is 12.9. The minimum Gasteiger partial charge on any atom is -0.497 e. The zero-order chi connectivity index (χ0) is 23.6. The number of carbonyl (C=O) groups is 3. The molecule has 1 saturated heterocycles. The Morgan fingerprint density at radius 2 is 1.70 bits per heavy atom. The fourth-order valence-electron chi connectivity index (χ4n) is 3.97. The maximum Gasteiger partial charge on any atom is 0.253 e. The van der Waals surface area contributed by atoms with E-state index in [-0.39, 0.29) is 23.6 Å². The monoisotopic (exact) mass is 453 g/mol. The molecule has 1 aliphatic rings. The first kappa shape index (κ1) is 24.3. The normalized spacial score (nSPS) is 14.9. The number of rotatable bonds is 9. The van der Waals surface area contributed by atoms with Crippen molar-refractivity contribution < 1.29 is 23.9 Å². The predicted molar refractivity (Wildman–Crippen MR) is 124 cm³/mol. The molecule has 3 rings (SSSR count). The maximum absolute atomic E-state index is 12.9. The molecule has 2 aromatic rings. The molecule has 0 radical (unpaired) electrons. The minimum absolute atomic E-state index is 0.0678. The lowest BCUT2D eigenvalue weighted by atomic mass is 9.88. The van der Waals surface area contributed by atoms with Gasteiger partial charge in [0.25, 0.3) is 11.8 Å². The smallest absolute Gasteiger partial charge is 0.253 e. The molecule has 0 aromatic heterocycles. The van der Waals surface area contributed by atoms with Crippen molar-refractivity contribution in [2.45, 2.75) is 18.9 Å². The Balaban J connectivity index is 1.66. The molecule has 176 valence electrons. The first-order valence-electron chi connectivity index (χ1n) is 11.1. The molecule has 0 bridgehead atoms. The van der Waals surface area contributed by atoms with Crippen LogP contribution < -0.4 is 15.4 Å². The average Bonchev–Trinajstić information content (AvgIpc) is 2.87. The number of nitrogens with one attached hydrogen (secondary N) is 2. The molecular weight excluding hydrogens is 422 g/mol. The lowest BCUT2D eigenvalue weighted by Crippen LogP contribution is -2.54. The molecule has 0 spiro atoms. The van der Waals surface area contributed by atoms with Crippen LogP contribution in [-0.2, 0) is 9.53 Å². The topological polar surface area (TPSA) is 97.0 Å². The van der Waals surface area contributed by atoms with E-state index in [9.17, 15) is 14.4 Å². The van der Waals surface area contributed by atoms with E-state index in [2.05, 4.69) is 10.6 Å². The van der Waals surface area contributed by atoms with Crippen LogP contribution in [0.2, 0.25) is 0 Å². The van der Waals surface area contributed by atoms with Crippen molar-refractivity contribution >= 4 is 17.7 Å². The SMILES string of the molecule is COCCNC(=O)[C@@H](NC(=O)c1ccccc1)C1CCN(C(=O)c2cccc(OC)c2)CC1. The third kappa shape index (κ3) is 6.55. The van der Waals surface area contributed by atoms with E-state index in [1.54, 1.807) is 67.7 Å². The lowest BCUT2D eigenvalue weighted by molar-refractivity contribution is -0.124. The van der Waals surface area contributed by atoms with Crippen molar-refractivity contribution in [3.05, 3.63) is 65.7 Å². The van der Waals surface area contributed by atoms with E-state index >= 15 is 0 Å². The van der Waals surface area contributed by atoms with E-state index in [1.165, 1.54) is 0 Å². The second-order valence-electron chi connectivity index (χ2n) is 7.96. The van der Waals surface area contributed by atoms with E-state index in [4.69, 9.17) is 9.47 Å². The van der Waals surface area contributed by atoms with Crippen LogP contribution in [0.25, 0.3) is 0 Å². The van der Waals surface area contributed by atoms with Gasteiger partial charge in [0.15, 0.2) is 0 Å². The highest BCUT2D eigenvalue weighted by molar-refractivity contribution is 5.97. The number of piperidine rings is 1. The van der Waals surface area contributed by atoms with Gasteiger partial charge in [0.05, 0.1) is 13.7 Å². The average molecular weight is 454 g/mol. The van der Waals surface area contributed by atoms with E-state index in [0.29, 0.717) is 56.0 Å². The molecule has 0 aliphatic carbocycles. The fourth-order valence-corrected chi connectivity index (χ4v) is 3.97. The number of ether oxygens (including phenoxy) is 2. The molecule has 2 aromatic carbocycles. The van der Waals surface area contributed by atoms with Crippen molar-refractivity contribution in [1.82, 2.24) is 15.5 Å². The Kier molecular flexibility index (Phi) is 8.83. The Morgan fingerprint density at radius 1 is 1.00 bits per heavy atom. The van der Waals surface area contributed by atoms with E-state index in [0.717, 1.165) is 0 Å². The first-order valence-corrected chi connectivity index (χ1v) is 11.1. The molecule has 1 heterocycles. The number of methoxy groups -OCH3 is 2. The van der Waals surface area contributed by atoms with Crippen LogP contribution >= 0.6 is 0 Å². The summed E-state index contributed by atoms with van der Waals surface area (Å²) in [6, 6.07) is 15.2. The van der Waals surface area contributed by atoms with Crippen molar-refractivity contribution in [3.63, 3.8) is 0 Å². The summed E-state index contributed by atoms with van der Waals surface area (Å²) < 4.78 is 10.2. The standard InChI is InChI=1S/C25H31N3O5/c1-32-16-13-26-24(30)22(27-23(29)19-7-4-3-5-8-19)18-11-14-28(15-12-18)25(31)20-9-6-10-21(17-20)33-2/h3-10,17-18,22H,11-16H2,1-2H3,(H,26,30)(H,27,29)/t22-/m0/s1. The molecule has 2 N–H and O–H groups in total. The minimum atomic E-state index is -0.691. The van der Waals surface area contributed by atoms with Crippen molar-refractivity contribution in [2.75, 3.05) is 40.5 Å². The van der Waals surface area contributed by atoms with Crippen LogP contribution in [-0.4, -0.2) is 69.1 Å². The van der Waals surface area contributed by atoms with Crippen LogP contribution in [0.4, 0.5) is 0 Å². The quantitative estimate of drug-likeness (QED) is 0.567. The molecule has 33 heavy (non-hydrogen) atoms. The summed E-state index contributed by atoms with van der Waals surface area (Å²) in [7, 11) is 3.13. The third-order valence-electron chi connectivity index (χ3n) is 5.83. The summed E-state index contributed by atoms with van der Waals surface area (Å²) in [6.07, 6.45) is 1.21. The highest BCUT2D eigenvalue weighted by atomic mass is 16.5. The van der Waals surface area contributed by atoms with Gasteiger partial charge >= 0.3 is 0 Å². The number of benzene rings is 2. The van der Waals surface area contributed by atoms with Gasteiger partial charge in [-0.3, -0.25) is 14.4 Å². The van der Waals surface area contributed by atoms with Gasteiger partial charge in [-0.25, -0.2) is 0 Å². The molecule has 8 nitrogen and oxygen atoms in total. The van der Waals surface area contributed by atoms with Gasteiger partial charge in [-0.1, -0.05) is 24.3 Å². The van der Waals surface area contributed by atoms with Gasteiger partial charge in [0.1, 0.15) is 11.8 Å². The fraction of sp³-hybridized carbons (Fsp3) is 0.400. The molecule has 3 amide bonds. The van der Waals surface area contributed by atoms with Gasteiger partial charge in [-0.15, -0.1) is 0 Å². The molecule has 0 saturated carbocycles. The van der Waals surface area contributed by atoms with Crippen LogP contribution in [0.1, 0.15) is 33.6 Å². The molecule has 1 atom stereocenters.